The number of hydrogen-bond acceptors (Lipinski definition) is 3. The third kappa shape index (κ3) is 4.79. The van der Waals surface area contributed by atoms with Crippen molar-refractivity contribution < 1.29 is 17.6 Å². The van der Waals surface area contributed by atoms with Gasteiger partial charge in [0.2, 0.25) is 5.91 Å². The maximum atomic E-state index is 13.6. The van der Waals surface area contributed by atoms with E-state index in [9.17, 15) is 17.6 Å². The standard InChI is InChI=1S/C18H21FN2O3S/c1-4-12(2)14-5-8-16(9-6-14)25(23,24)21-15-7-10-17(19)18(11-15)20-13(3)22/h5-12,21H,4H2,1-3H3,(H,20,22)/t12-/m1/s1. The largest absolute Gasteiger partial charge is 0.324 e. The molecular weight excluding hydrogens is 343 g/mol. The Morgan fingerprint density at radius 2 is 1.80 bits per heavy atom. The molecule has 7 heteroatoms. The highest BCUT2D eigenvalue weighted by Gasteiger charge is 2.16. The van der Waals surface area contributed by atoms with Crippen LogP contribution in [0.15, 0.2) is 47.4 Å². The van der Waals surface area contributed by atoms with E-state index >= 15 is 0 Å². The van der Waals surface area contributed by atoms with Gasteiger partial charge in [0, 0.05) is 6.92 Å². The van der Waals surface area contributed by atoms with Gasteiger partial charge < -0.3 is 5.32 Å². The average molecular weight is 364 g/mol. The monoisotopic (exact) mass is 364 g/mol. The number of halogens is 1. The zero-order valence-electron chi connectivity index (χ0n) is 14.3. The van der Waals surface area contributed by atoms with E-state index < -0.39 is 21.7 Å². The Labute approximate surface area is 147 Å². The van der Waals surface area contributed by atoms with Gasteiger partial charge in [-0.25, -0.2) is 12.8 Å². The predicted molar refractivity (Wildman–Crippen MR) is 96.7 cm³/mol. The lowest BCUT2D eigenvalue weighted by atomic mass is 9.99. The van der Waals surface area contributed by atoms with Crippen LogP contribution in [0.25, 0.3) is 0 Å². The van der Waals surface area contributed by atoms with Crippen molar-refractivity contribution in [3.05, 3.63) is 53.8 Å². The van der Waals surface area contributed by atoms with E-state index in [2.05, 4.69) is 23.9 Å². The molecule has 0 aliphatic carbocycles. The van der Waals surface area contributed by atoms with E-state index in [1.807, 2.05) is 0 Å². The molecule has 0 fully saturated rings. The highest BCUT2D eigenvalue weighted by Crippen LogP contribution is 2.24. The number of benzene rings is 2. The summed E-state index contributed by atoms with van der Waals surface area (Å²) in [6, 6.07) is 10.3. The lowest BCUT2D eigenvalue weighted by Gasteiger charge is -2.12. The van der Waals surface area contributed by atoms with E-state index in [1.165, 1.54) is 19.1 Å². The second-order valence-electron chi connectivity index (χ2n) is 5.86. The highest BCUT2D eigenvalue weighted by atomic mass is 32.2. The molecule has 0 radical (unpaired) electrons. The molecule has 1 amide bonds. The van der Waals surface area contributed by atoms with Gasteiger partial charge in [-0.2, -0.15) is 0 Å². The molecule has 0 aliphatic heterocycles. The summed E-state index contributed by atoms with van der Waals surface area (Å²) in [6.07, 6.45) is 0.964. The summed E-state index contributed by atoms with van der Waals surface area (Å²) >= 11 is 0. The highest BCUT2D eigenvalue weighted by molar-refractivity contribution is 7.92. The Hall–Kier alpha value is -2.41. The first-order chi connectivity index (χ1) is 11.7. The Kier molecular flexibility index (Phi) is 5.79. The second kappa shape index (κ2) is 7.65. The molecule has 0 saturated heterocycles. The molecule has 0 saturated carbocycles. The zero-order valence-corrected chi connectivity index (χ0v) is 15.2. The number of nitrogens with one attached hydrogen (secondary N) is 2. The van der Waals surface area contributed by atoms with Crippen molar-refractivity contribution in [3.63, 3.8) is 0 Å². The molecule has 2 rings (SSSR count). The van der Waals surface area contributed by atoms with Crippen LogP contribution < -0.4 is 10.0 Å². The van der Waals surface area contributed by atoms with E-state index in [-0.39, 0.29) is 16.3 Å². The molecule has 1 atom stereocenters. The molecule has 0 heterocycles. The van der Waals surface area contributed by atoms with Crippen LogP contribution in [0.1, 0.15) is 38.7 Å². The number of rotatable bonds is 6. The Morgan fingerprint density at radius 3 is 2.36 bits per heavy atom. The first-order valence-electron chi connectivity index (χ1n) is 7.93. The quantitative estimate of drug-likeness (QED) is 0.810. The van der Waals surface area contributed by atoms with Gasteiger partial charge in [0.25, 0.3) is 10.0 Å². The fourth-order valence-electron chi connectivity index (χ4n) is 2.30. The molecule has 0 unspecified atom stereocenters. The van der Waals surface area contributed by atoms with Crippen LogP contribution in [0.3, 0.4) is 0 Å². The lowest BCUT2D eigenvalue weighted by Crippen LogP contribution is -2.14. The Morgan fingerprint density at radius 1 is 1.16 bits per heavy atom. The molecule has 2 aromatic carbocycles. The molecule has 0 spiro atoms. The van der Waals surface area contributed by atoms with Gasteiger partial charge in [0.15, 0.2) is 0 Å². The molecule has 0 bridgehead atoms. The molecule has 0 aliphatic rings. The second-order valence-corrected chi connectivity index (χ2v) is 7.54. The van der Waals surface area contributed by atoms with E-state index in [1.54, 1.807) is 24.3 Å². The van der Waals surface area contributed by atoms with Crippen LogP contribution in [-0.2, 0) is 14.8 Å². The molecular formula is C18H21FN2O3S. The summed E-state index contributed by atoms with van der Waals surface area (Å²) in [5.41, 5.74) is 1.15. The molecule has 25 heavy (non-hydrogen) atoms. The molecule has 2 N–H and O–H groups in total. The number of hydrogen-bond donors (Lipinski definition) is 2. The first-order valence-corrected chi connectivity index (χ1v) is 9.41. The van der Waals surface area contributed by atoms with E-state index in [0.717, 1.165) is 18.1 Å². The number of anilines is 2. The van der Waals surface area contributed by atoms with Gasteiger partial charge in [-0.1, -0.05) is 26.0 Å². The minimum atomic E-state index is -3.81. The maximum Gasteiger partial charge on any atom is 0.261 e. The van der Waals surface area contributed by atoms with Crippen LogP contribution in [-0.4, -0.2) is 14.3 Å². The van der Waals surface area contributed by atoms with Crippen molar-refractivity contribution in [3.8, 4) is 0 Å². The Bertz CT molecular complexity index is 864. The SMILES string of the molecule is CC[C@@H](C)c1ccc(S(=O)(=O)Nc2ccc(F)c(NC(C)=O)c2)cc1. The smallest absolute Gasteiger partial charge is 0.261 e. The van der Waals surface area contributed by atoms with Gasteiger partial charge in [0.1, 0.15) is 5.82 Å². The predicted octanol–water partition coefficient (Wildman–Crippen LogP) is 4.10. The Balaban J connectivity index is 2.25. The topological polar surface area (TPSA) is 75.3 Å². The van der Waals surface area contributed by atoms with Crippen molar-refractivity contribution in [2.24, 2.45) is 0 Å². The normalized spacial score (nSPS) is 12.5. The van der Waals surface area contributed by atoms with E-state index in [0.29, 0.717) is 5.92 Å². The third-order valence-corrected chi connectivity index (χ3v) is 5.30. The summed E-state index contributed by atoms with van der Waals surface area (Å²) in [7, 11) is -3.81. The molecule has 2 aromatic rings. The number of sulfonamides is 1. The fourth-order valence-corrected chi connectivity index (χ4v) is 3.35. The minimum Gasteiger partial charge on any atom is -0.324 e. The van der Waals surface area contributed by atoms with Crippen LogP contribution >= 0.6 is 0 Å². The fraction of sp³-hybridized carbons (Fsp3) is 0.278. The molecule has 134 valence electrons. The third-order valence-electron chi connectivity index (χ3n) is 3.90. The first kappa shape index (κ1) is 18.9. The van der Waals surface area contributed by atoms with Crippen molar-refractivity contribution >= 4 is 27.3 Å². The van der Waals surface area contributed by atoms with Crippen molar-refractivity contribution in [1.29, 1.82) is 0 Å². The number of carbonyl (C=O) groups excluding carboxylic acids is 1. The summed E-state index contributed by atoms with van der Waals surface area (Å²) in [6.45, 7) is 5.39. The van der Waals surface area contributed by atoms with Crippen molar-refractivity contribution in [2.75, 3.05) is 10.0 Å². The van der Waals surface area contributed by atoms with Gasteiger partial charge in [-0.15, -0.1) is 0 Å². The van der Waals surface area contributed by atoms with Gasteiger partial charge >= 0.3 is 0 Å². The van der Waals surface area contributed by atoms with Crippen molar-refractivity contribution in [1.82, 2.24) is 0 Å². The summed E-state index contributed by atoms with van der Waals surface area (Å²) in [5, 5.41) is 2.32. The van der Waals surface area contributed by atoms with Crippen LogP contribution in [0, 0.1) is 5.82 Å². The van der Waals surface area contributed by atoms with Gasteiger partial charge in [0.05, 0.1) is 16.3 Å². The maximum absolute atomic E-state index is 13.6. The molecule has 0 aromatic heterocycles. The van der Waals surface area contributed by atoms with Crippen LogP contribution in [0.5, 0.6) is 0 Å². The minimum absolute atomic E-state index is 0.0835. The van der Waals surface area contributed by atoms with Gasteiger partial charge in [-0.3, -0.25) is 9.52 Å². The summed E-state index contributed by atoms with van der Waals surface area (Å²) in [4.78, 5) is 11.2. The van der Waals surface area contributed by atoms with E-state index in [4.69, 9.17) is 0 Å². The van der Waals surface area contributed by atoms with Crippen LogP contribution in [0.2, 0.25) is 0 Å². The van der Waals surface area contributed by atoms with Crippen LogP contribution in [0.4, 0.5) is 15.8 Å². The zero-order chi connectivity index (χ0) is 18.6. The summed E-state index contributed by atoms with van der Waals surface area (Å²) < 4.78 is 41.0. The number of carbonyl (C=O) groups is 1. The van der Waals surface area contributed by atoms with Crippen molar-refractivity contribution in [2.45, 2.75) is 38.0 Å². The lowest BCUT2D eigenvalue weighted by molar-refractivity contribution is -0.114. The van der Waals surface area contributed by atoms with Gasteiger partial charge in [-0.05, 0) is 48.2 Å². The average Bonchev–Trinajstić information content (AvgIpc) is 2.56. The number of amides is 1. The molecule has 5 nitrogen and oxygen atoms in total. The summed E-state index contributed by atoms with van der Waals surface area (Å²) in [5.74, 6) is -0.738.